The first kappa shape index (κ1) is 20.8. The topological polar surface area (TPSA) is 34.8 Å². The Morgan fingerprint density at radius 3 is 2.62 bits per heavy atom. The third kappa shape index (κ3) is 5.14. The van der Waals surface area contributed by atoms with E-state index in [2.05, 4.69) is 23.4 Å². The zero-order valence-electron chi connectivity index (χ0n) is 25.7. The van der Waals surface area contributed by atoms with Crippen molar-refractivity contribution < 1.29 is 40.3 Å². The summed E-state index contributed by atoms with van der Waals surface area (Å²) in [6, 6.07) is 32.8. The first-order valence-electron chi connectivity index (χ1n) is 14.4. The van der Waals surface area contributed by atoms with E-state index >= 15 is 0 Å². The molecule has 0 fully saturated rings. The second-order valence-electron chi connectivity index (χ2n) is 8.50. The first-order chi connectivity index (χ1) is 20.5. The van der Waals surface area contributed by atoms with Crippen molar-refractivity contribution in [1.29, 1.82) is 0 Å². The second-order valence-corrected chi connectivity index (χ2v) is 8.50. The summed E-state index contributed by atoms with van der Waals surface area (Å²) in [5.41, 5.74) is 4.61. The fourth-order valence-corrected chi connectivity index (χ4v) is 4.38. The van der Waals surface area contributed by atoms with Crippen molar-refractivity contribution in [3.05, 3.63) is 127 Å². The van der Waals surface area contributed by atoms with E-state index in [1.807, 2.05) is 77.4 Å². The normalized spacial score (nSPS) is 13.4. The van der Waals surface area contributed by atoms with Gasteiger partial charge in [0.15, 0.2) is 0 Å². The van der Waals surface area contributed by atoms with Crippen molar-refractivity contribution >= 4 is 33.0 Å². The Kier molecular flexibility index (Phi) is 6.04. The van der Waals surface area contributed by atoms with Gasteiger partial charge in [-0.1, -0.05) is 77.3 Å². The molecule has 7 rings (SSSR count). The SMILES string of the molecule is [2H]C([2H])(C)[n+]1[c-]n(-c2[c-]cccc2)c2ccccc21.[2H]C([2H])([2H])c1ccc(-c2[c-]c(F)cc3c2oc2ccccc23)nc1.[Ir+3]. The van der Waals surface area contributed by atoms with Gasteiger partial charge in [-0.05, 0) is 31.1 Å². The summed E-state index contributed by atoms with van der Waals surface area (Å²) in [5.74, 6) is -0.522. The standard InChI is InChI=1S/C18H11FNO.C15H13N2.Ir/c1-11-6-7-16(20-10-11)15-9-12(19)8-14-13-4-2-3-5-17(13)21-18(14)15;1-2-16-12-17(13-8-4-3-5-9-13)15-11-7-6-10-14(15)16;/h2-8,10H,1H3;3-8,10-11H,2H2,1H3;/q2*-1;+3/i1D3;2D2;. The average Bonchev–Trinajstić information content (AvgIpc) is 3.57. The summed E-state index contributed by atoms with van der Waals surface area (Å²) < 4.78 is 61.2. The van der Waals surface area contributed by atoms with E-state index in [9.17, 15) is 4.39 Å². The van der Waals surface area contributed by atoms with E-state index in [1.54, 1.807) is 6.07 Å². The van der Waals surface area contributed by atoms with Crippen molar-refractivity contribution in [3.8, 4) is 16.9 Å². The van der Waals surface area contributed by atoms with Gasteiger partial charge in [-0.25, -0.2) is 4.39 Å². The number of para-hydroxylation sites is 4. The Bertz CT molecular complexity index is 2070. The van der Waals surface area contributed by atoms with Crippen LogP contribution < -0.4 is 4.57 Å². The molecule has 192 valence electrons. The minimum absolute atomic E-state index is 0. The Hall–Kier alpha value is -4.12. The van der Waals surface area contributed by atoms with Gasteiger partial charge in [-0.3, -0.25) is 0 Å². The van der Waals surface area contributed by atoms with E-state index in [-0.39, 0.29) is 25.7 Å². The molecule has 0 bridgehead atoms. The van der Waals surface area contributed by atoms with Gasteiger partial charge in [-0.2, -0.15) is 30.3 Å². The number of hydrogen-bond acceptors (Lipinski definition) is 2. The van der Waals surface area contributed by atoms with Crippen LogP contribution in [0.4, 0.5) is 4.39 Å². The van der Waals surface area contributed by atoms with Crippen LogP contribution >= 0.6 is 0 Å². The molecule has 0 amide bonds. The number of nitrogens with zero attached hydrogens (tertiary/aromatic N) is 3. The first-order valence-corrected chi connectivity index (χ1v) is 11.9. The number of aromatic nitrogens is 3. The molecular weight excluding hydrogens is 666 g/mol. The van der Waals surface area contributed by atoms with Crippen LogP contribution in [-0.2, 0) is 26.6 Å². The van der Waals surface area contributed by atoms with Crippen LogP contribution in [0.3, 0.4) is 0 Å². The number of furan rings is 1. The molecule has 4 aromatic carbocycles. The molecule has 0 N–H and O–H groups in total. The maximum atomic E-state index is 14.0. The van der Waals surface area contributed by atoms with Crippen molar-refractivity contribution in [3.63, 3.8) is 0 Å². The molecule has 0 aliphatic rings. The molecule has 4 nitrogen and oxygen atoms in total. The molecule has 0 spiro atoms. The van der Waals surface area contributed by atoms with Gasteiger partial charge in [-0.15, -0.1) is 6.07 Å². The predicted molar refractivity (Wildman–Crippen MR) is 147 cm³/mol. The summed E-state index contributed by atoms with van der Waals surface area (Å²) in [7, 11) is 0. The Morgan fingerprint density at radius 2 is 1.85 bits per heavy atom. The molecule has 0 radical (unpaired) electrons. The zero-order chi connectivity index (χ0) is 30.4. The number of hydrogen-bond donors (Lipinski definition) is 0. The molecule has 6 heteroatoms. The number of benzene rings is 4. The molecule has 3 aromatic heterocycles. The number of imidazole rings is 1. The van der Waals surface area contributed by atoms with Gasteiger partial charge < -0.3 is 18.5 Å². The van der Waals surface area contributed by atoms with Crippen molar-refractivity contribution in [1.82, 2.24) is 9.55 Å². The van der Waals surface area contributed by atoms with Crippen molar-refractivity contribution in [2.75, 3.05) is 0 Å². The predicted octanol–water partition coefficient (Wildman–Crippen LogP) is 7.43. The van der Waals surface area contributed by atoms with Gasteiger partial charge in [0.1, 0.15) is 5.58 Å². The average molecular weight is 695 g/mol. The maximum Gasteiger partial charge on any atom is 3.00 e. The minimum Gasteiger partial charge on any atom is -0.501 e. The largest absolute Gasteiger partial charge is 3.00 e. The summed E-state index contributed by atoms with van der Waals surface area (Å²) in [6.45, 7) is -2.21. The molecule has 3 heterocycles. The van der Waals surface area contributed by atoms with Gasteiger partial charge in [0.25, 0.3) is 0 Å². The third-order valence-electron chi connectivity index (χ3n) is 6.12. The van der Waals surface area contributed by atoms with Crippen LogP contribution in [0.2, 0.25) is 0 Å². The summed E-state index contributed by atoms with van der Waals surface area (Å²) in [5, 5.41) is 1.44. The van der Waals surface area contributed by atoms with E-state index in [0.717, 1.165) is 22.1 Å². The van der Waals surface area contributed by atoms with Gasteiger partial charge in [0.05, 0.1) is 25.9 Å². The summed E-state index contributed by atoms with van der Waals surface area (Å²) in [6.07, 6.45) is 4.35. The Labute approximate surface area is 246 Å². The molecule has 0 saturated heterocycles. The Morgan fingerprint density at radius 1 is 1.03 bits per heavy atom. The molecule has 39 heavy (non-hydrogen) atoms. The maximum absolute atomic E-state index is 14.0. The van der Waals surface area contributed by atoms with Crippen molar-refractivity contribution in [2.24, 2.45) is 0 Å². The number of rotatable bonds is 3. The fourth-order valence-electron chi connectivity index (χ4n) is 4.38. The molecule has 0 saturated carbocycles. The quantitative estimate of drug-likeness (QED) is 0.143. The Balaban J connectivity index is 0.000000175. The third-order valence-corrected chi connectivity index (χ3v) is 6.12. The van der Waals surface area contributed by atoms with Crippen LogP contribution in [0.15, 0.2) is 102 Å². The zero-order valence-corrected chi connectivity index (χ0v) is 23.1. The van der Waals surface area contributed by atoms with Gasteiger partial charge in [0, 0.05) is 21.5 Å². The van der Waals surface area contributed by atoms with Gasteiger partial charge >= 0.3 is 20.1 Å². The van der Waals surface area contributed by atoms with Crippen LogP contribution in [-0.4, -0.2) is 9.55 Å². The summed E-state index contributed by atoms with van der Waals surface area (Å²) >= 11 is 0. The second kappa shape index (κ2) is 11.3. The van der Waals surface area contributed by atoms with Crippen LogP contribution in [0.25, 0.3) is 49.9 Å². The molecule has 0 unspecified atom stereocenters. The molecule has 7 aromatic rings. The number of aryl methyl sites for hydroxylation is 2. The van der Waals surface area contributed by atoms with E-state index in [4.69, 9.17) is 11.3 Å². The number of fused-ring (bicyclic) bond motifs is 4. The van der Waals surface area contributed by atoms with E-state index in [1.165, 1.54) is 29.8 Å². The minimum atomic E-state index is -2.23. The van der Waals surface area contributed by atoms with E-state index < -0.39 is 19.2 Å². The molecule has 0 aliphatic heterocycles. The van der Waals surface area contributed by atoms with E-state index in [0.29, 0.717) is 27.8 Å². The summed E-state index contributed by atoms with van der Waals surface area (Å²) in [4.78, 5) is 4.16. The van der Waals surface area contributed by atoms with Crippen LogP contribution in [0, 0.1) is 31.1 Å². The van der Waals surface area contributed by atoms with Crippen LogP contribution in [0.5, 0.6) is 0 Å². The monoisotopic (exact) mass is 695 g/mol. The van der Waals surface area contributed by atoms with Crippen molar-refractivity contribution in [2.45, 2.75) is 20.3 Å². The molecular formula is C33H24FIrN3O+. The smallest absolute Gasteiger partial charge is 0.501 e. The fraction of sp³-hybridized carbons (Fsp3) is 0.0909. The number of halogens is 1. The van der Waals surface area contributed by atoms with Gasteiger partial charge in [0.2, 0.25) is 6.33 Å². The number of pyridine rings is 1. The molecule has 0 aliphatic carbocycles. The molecule has 0 atom stereocenters. The van der Waals surface area contributed by atoms with Crippen LogP contribution in [0.1, 0.15) is 19.3 Å².